The van der Waals surface area contributed by atoms with E-state index >= 15 is 0 Å². The largest absolute Gasteiger partial charge is 0.310 e. The molecule has 0 saturated carbocycles. The predicted molar refractivity (Wildman–Crippen MR) is 315 cm³/mol. The Kier molecular flexibility index (Phi) is 10.8. The summed E-state index contributed by atoms with van der Waals surface area (Å²) < 4.78 is 2.48. The van der Waals surface area contributed by atoms with Gasteiger partial charge in [0.25, 0.3) is 0 Å². The van der Waals surface area contributed by atoms with Crippen molar-refractivity contribution in [3.8, 4) is 61.3 Å². The zero-order chi connectivity index (χ0) is 49.7. The highest BCUT2D eigenvalue weighted by molar-refractivity contribution is 6.11. The second-order valence-corrected chi connectivity index (χ2v) is 19.6. The van der Waals surface area contributed by atoms with Gasteiger partial charge >= 0.3 is 0 Å². The molecule has 14 rings (SSSR count). The van der Waals surface area contributed by atoms with Crippen LogP contribution in [0.25, 0.3) is 83.1 Å². The quantitative estimate of drug-likeness (QED) is 0.133. The van der Waals surface area contributed by atoms with Crippen LogP contribution in [0.3, 0.4) is 0 Å². The van der Waals surface area contributed by atoms with Gasteiger partial charge in [-0.2, -0.15) is 0 Å². The summed E-state index contributed by atoms with van der Waals surface area (Å²) in [4.78, 5) is 2.37. The van der Waals surface area contributed by atoms with E-state index in [1.807, 2.05) is 0 Å². The third-order valence-corrected chi connectivity index (χ3v) is 15.5. The van der Waals surface area contributed by atoms with Crippen molar-refractivity contribution in [3.05, 3.63) is 326 Å². The summed E-state index contributed by atoms with van der Waals surface area (Å²) in [7, 11) is 0. The number of hydrogen-bond acceptors (Lipinski definition) is 1. The van der Waals surface area contributed by atoms with Crippen molar-refractivity contribution in [1.29, 1.82) is 0 Å². The molecule has 2 nitrogen and oxygen atoms in total. The van der Waals surface area contributed by atoms with Gasteiger partial charge in [-0.05, 0) is 139 Å². The number of anilines is 3. The molecule has 0 aliphatic heterocycles. The molecule has 0 atom stereocenters. The number of para-hydroxylation sites is 1. The number of rotatable bonds is 10. The summed E-state index contributed by atoms with van der Waals surface area (Å²) in [6, 6.07) is 111. The second kappa shape index (κ2) is 18.4. The van der Waals surface area contributed by atoms with E-state index in [2.05, 4.69) is 313 Å². The Morgan fingerprint density at radius 2 is 0.707 bits per heavy atom. The molecule has 1 aliphatic rings. The zero-order valence-corrected chi connectivity index (χ0v) is 41.3. The molecule has 0 spiro atoms. The molecule has 0 radical (unpaired) electrons. The van der Waals surface area contributed by atoms with Gasteiger partial charge in [-0.3, -0.25) is 0 Å². The van der Waals surface area contributed by atoms with Crippen LogP contribution >= 0.6 is 0 Å². The third-order valence-electron chi connectivity index (χ3n) is 15.5. The van der Waals surface area contributed by atoms with Crippen LogP contribution in [0.4, 0.5) is 17.1 Å². The standard InChI is InChI=1S/C73H50N2/c1-5-20-51(21-6-1)53-36-41-59(42-37-53)74(60-43-38-54(39-44-60)52-22-7-2-8-23-52)61-29-19-24-55(48-61)63-30-13-14-31-64(63)56-40-46-67-66-33-16-18-35-71(66)75(72(67)49-56)62-45-47-70-68(50-62)65-32-15-17-34-69(65)73(70,57-25-9-3-10-26-57)58-27-11-4-12-28-58/h1-50H. The fourth-order valence-electron chi connectivity index (χ4n) is 12.1. The first-order valence-corrected chi connectivity index (χ1v) is 25.9. The van der Waals surface area contributed by atoms with Gasteiger partial charge in [-0.1, -0.05) is 243 Å². The normalized spacial score (nSPS) is 12.4. The van der Waals surface area contributed by atoms with E-state index in [0.29, 0.717) is 0 Å². The highest BCUT2D eigenvalue weighted by Gasteiger charge is 2.46. The first kappa shape index (κ1) is 44.0. The molecule has 0 bridgehead atoms. The van der Waals surface area contributed by atoms with Crippen LogP contribution in [0.15, 0.2) is 303 Å². The van der Waals surface area contributed by atoms with Gasteiger partial charge in [-0.25, -0.2) is 0 Å². The predicted octanol–water partition coefficient (Wildman–Crippen LogP) is 19.3. The Labute approximate surface area is 438 Å². The summed E-state index contributed by atoms with van der Waals surface area (Å²) >= 11 is 0. The maximum absolute atomic E-state index is 2.48. The summed E-state index contributed by atoms with van der Waals surface area (Å²) in [6.07, 6.45) is 0. The molecule has 0 N–H and O–H groups in total. The Bertz CT molecular complexity index is 4070. The van der Waals surface area contributed by atoms with Crippen molar-refractivity contribution in [3.63, 3.8) is 0 Å². The van der Waals surface area contributed by atoms with Crippen LogP contribution in [0.5, 0.6) is 0 Å². The average molecular weight is 955 g/mol. The van der Waals surface area contributed by atoms with Gasteiger partial charge in [0.2, 0.25) is 0 Å². The lowest BCUT2D eigenvalue weighted by molar-refractivity contribution is 0.768. The minimum atomic E-state index is -0.459. The number of nitrogens with zero attached hydrogens (tertiary/aromatic N) is 2. The molecule has 0 fully saturated rings. The number of aromatic nitrogens is 1. The molecule has 0 saturated heterocycles. The fraction of sp³-hybridized carbons (Fsp3) is 0.0137. The van der Waals surface area contributed by atoms with Crippen LogP contribution in [-0.2, 0) is 5.41 Å². The van der Waals surface area contributed by atoms with Crippen LogP contribution in [0.2, 0.25) is 0 Å². The maximum Gasteiger partial charge on any atom is 0.0713 e. The van der Waals surface area contributed by atoms with Gasteiger partial charge in [-0.15, -0.1) is 0 Å². The summed E-state index contributed by atoms with van der Waals surface area (Å²) in [5.74, 6) is 0. The van der Waals surface area contributed by atoms with Gasteiger partial charge in [0.15, 0.2) is 0 Å². The average Bonchev–Trinajstić information content (AvgIpc) is 3.99. The minimum Gasteiger partial charge on any atom is -0.310 e. The Morgan fingerprint density at radius 3 is 1.32 bits per heavy atom. The van der Waals surface area contributed by atoms with Crippen LogP contribution in [-0.4, -0.2) is 4.57 Å². The first-order valence-electron chi connectivity index (χ1n) is 25.9. The molecule has 0 amide bonds. The fourth-order valence-corrected chi connectivity index (χ4v) is 12.1. The lowest BCUT2D eigenvalue weighted by Crippen LogP contribution is -2.28. The van der Waals surface area contributed by atoms with Gasteiger partial charge < -0.3 is 9.47 Å². The highest BCUT2D eigenvalue weighted by Crippen LogP contribution is 2.56. The third kappa shape index (κ3) is 7.41. The van der Waals surface area contributed by atoms with Crippen LogP contribution in [0.1, 0.15) is 22.3 Å². The minimum absolute atomic E-state index is 0.459. The van der Waals surface area contributed by atoms with Crippen molar-refractivity contribution < 1.29 is 0 Å². The molecule has 352 valence electrons. The molecule has 75 heavy (non-hydrogen) atoms. The van der Waals surface area contributed by atoms with E-state index in [4.69, 9.17) is 0 Å². The molecule has 1 aliphatic carbocycles. The van der Waals surface area contributed by atoms with Crippen molar-refractivity contribution in [1.82, 2.24) is 4.57 Å². The summed E-state index contributed by atoms with van der Waals surface area (Å²) in [6.45, 7) is 0. The Morgan fingerprint density at radius 1 is 0.253 bits per heavy atom. The lowest BCUT2D eigenvalue weighted by Gasteiger charge is -2.33. The Balaban J connectivity index is 0.892. The van der Waals surface area contributed by atoms with E-state index in [0.717, 1.165) is 33.9 Å². The highest BCUT2D eigenvalue weighted by atomic mass is 15.1. The first-order chi connectivity index (χ1) is 37.2. The van der Waals surface area contributed by atoms with Crippen molar-refractivity contribution in [2.45, 2.75) is 5.41 Å². The van der Waals surface area contributed by atoms with Gasteiger partial charge in [0.05, 0.1) is 16.4 Å². The van der Waals surface area contributed by atoms with E-state index in [1.54, 1.807) is 0 Å². The Hall–Kier alpha value is -9.76. The van der Waals surface area contributed by atoms with Crippen LogP contribution in [0, 0.1) is 0 Å². The smallest absolute Gasteiger partial charge is 0.0713 e. The van der Waals surface area contributed by atoms with E-state index in [9.17, 15) is 0 Å². The number of benzene rings is 12. The SMILES string of the molecule is c1ccc(-c2ccc(N(c3ccc(-c4ccccc4)cc3)c3cccc(-c4ccccc4-c4ccc5c6ccccc6n(-c6ccc7c(c6)-c6ccccc6C7(c6ccccc6)c6ccccc6)c5c4)c3)cc2)cc1. The van der Waals surface area contributed by atoms with E-state index in [-0.39, 0.29) is 0 Å². The molecule has 1 heterocycles. The molecular formula is C73H50N2. The summed E-state index contributed by atoms with van der Waals surface area (Å²) in [5.41, 5.74) is 23.4. The molecule has 13 aromatic rings. The molecule has 2 heteroatoms. The van der Waals surface area contributed by atoms with Crippen LogP contribution < -0.4 is 4.90 Å². The second-order valence-electron chi connectivity index (χ2n) is 19.6. The molecule has 0 unspecified atom stereocenters. The topological polar surface area (TPSA) is 8.17 Å². The monoisotopic (exact) mass is 954 g/mol. The number of fused-ring (bicyclic) bond motifs is 6. The van der Waals surface area contributed by atoms with E-state index in [1.165, 1.54) is 88.6 Å². The zero-order valence-electron chi connectivity index (χ0n) is 41.3. The van der Waals surface area contributed by atoms with Gasteiger partial charge in [0.1, 0.15) is 0 Å². The summed E-state index contributed by atoms with van der Waals surface area (Å²) in [5, 5.41) is 2.46. The van der Waals surface area contributed by atoms with Crippen molar-refractivity contribution in [2.75, 3.05) is 4.90 Å². The molecule has 12 aromatic carbocycles. The van der Waals surface area contributed by atoms with Crippen molar-refractivity contribution in [2.24, 2.45) is 0 Å². The maximum atomic E-state index is 2.48. The van der Waals surface area contributed by atoms with E-state index < -0.39 is 5.41 Å². The molecular weight excluding hydrogens is 905 g/mol. The number of hydrogen-bond donors (Lipinski definition) is 0. The van der Waals surface area contributed by atoms with Crippen molar-refractivity contribution >= 4 is 38.9 Å². The lowest BCUT2D eigenvalue weighted by atomic mass is 9.68. The molecule has 1 aromatic heterocycles. The van der Waals surface area contributed by atoms with Gasteiger partial charge in [0, 0.05) is 33.5 Å².